The molecular formula is C15H21ClN6O2. The zero-order chi connectivity index (χ0) is 17.5. The molecule has 2 aromatic rings. The van der Waals surface area contributed by atoms with Crippen LogP contribution in [0.2, 0.25) is 5.15 Å². The molecule has 130 valence electrons. The van der Waals surface area contributed by atoms with Crippen molar-refractivity contribution in [2.75, 3.05) is 18.8 Å². The minimum absolute atomic E-state index is 0.130. The molecule has 0 aromatic carbocycles. The molecule has 0 amide bonds. The van der Waals surface area contributed by atoms with Gasteiger partial charge in [0, 0.05) is 13.1 Å². The van der Waals surface area contributed by atoms with E-state index in [0.29, 0.717) is 29.3 Å². The third-order valence-corrected chi connectivity index (χ3v) is 4.31. The van der Waals surface area contributed by atoms with Gasteiger partial charge in [-0.1, -0.05) is 11.6 Å². The Kier molecular flexibility index (Phi) is 4.35. The lowest BCUT2D eigenvalue weighted by atomic mass is 9.98. The number of hydrogen-bond acceptors (Lipinski definition) is 7. The molecule has 1 saturated heterocycles. The highest BCUT2D eigenvalue weighted by molar-refractivity contribution is 6.34. The van der Waals surface area contributed by atoms with Gasteiger partial charge in [-0.05, 0) is 33.6 Å². The second kappa shape index (κ2) is 6.18. The van der Waals surface area contributed by atoms with Crippen LogP contribution in [0.5, 0.6) is 0 Å². The molecule has 0 radical (unpaired) electrons. The number of anilines is 1. The molecule has 3 rings (SSSR count). The summed E-state index contributed by atoms with van der Waals surface area (Å²) in [6, 6.07) is 0.150. The molecule has 0 aliphatic carbocycles. The van der Waals surface area contributed by atoms with Gasteiger partial charge in [-0.2, -0.15) is 10.1 Å². The molecule has 2 N–H and O–H groups in total. The Morgan fingerprint density at radius 1 is 1.33 bits per heavy atom. The maximum absolute atomic E-state index is 12.0. The molecule has 1 aliphatic rings. The van der Waals surface area contributed by atoms with Crippen LogP contribution in [0.25, 0.3) is 11.0 Å². The Bertz CT molecular complexity index is 761. The van der Waals surface area contributed by atoms with Crippen molar-refractivity contribution in [1.29, 1.82) is 0 Å². The molecule has 9 heteroatoms. The summed E-state index contributed by atoms with van der Waals surface area (Å²) in [5.41, 5.74) is 5.81. The first kappa shape index (κ1) is 16.9. The van der Waals surface area contributed by atoms with Gasteiger partial charge in [0.15, 0.2) is 5.65 Å². The average molecular weight is 353 g/mol. The van der Waals surface area contributed by atoms with E-state index in [0.717, 1.165) is 12.8 Å². The summed E-state index contributed by atoms with van der Waals surface area (Å²) in [5, 5.41) is 7.10. The van der Waals surface area contributed by atoms with Gasteiger partial charge in [-0.3, -0.25) is 0 Å². The molecule has 0 saturated carbocycles. The standard InChI is InChI=1S/C15H21ClN6O2/c1-15(2,3)13(23)24-21-6-4-9(5-7-21)22-12-10(8-18-22)11(16)19-14(17)20-12/h8-9H,4-7H2,1-3H3,(H2,17,19,20). The number of piperidine rings is 1. The van der Waals surface area contributed by atoms with E-state index in [1.54, 1.807) is 11.3 Å². The molecule has 0 bridgehead atoms. The Labute approximate surface area is 144 Å². The summed E-state index contributed by atoms with van der Waals surface area (Å²) in [6.07, 6.45) is 3.23. The second-order valence-corrected chi connectivity index (χ2v) is 7.35. The molecule has 24 heavy (non-hydrogen) atoms. The predicted octanol–water partition coefficient (Wildman–Crippen LogP) is 2.20. The predicted molar refractivity (Wildman–Crippen MR) is 90.1 cm³/mol. The van der Waals surface area contributed by atoms with Crippen molar-refractivity contribution in [3.8, 4) is 0 Å². The molecule has 1 fully saturated rings. The van der Waals surface area contributed by atoms with Gasteiger partial charge in [-0.25, -0.2) is 14.5 Å². The fourth-order valence-electron chi connectivity index (χ4n) is 2.61. The van der Waals surface area contributed by atoms with Crippen molar-refractivity contribution >= 4 is 34.6 Å². The number of halogens is 1. The molecular weight excluding hydrogens is 332 g/mol. The lowest BCUT2D eigenvalue weighted by Gasteiger charge is -2.32. The van der Waals surface area contributed by atoms with E-state index in [9.17, 15) is 4.79 Å². The second-order valence-electron chi connectivity index (χ2n) is 6.99. The SMILES string of the molecule is CC(C)(C)C(=O)ON1CCC(n2ncc3c(Cl)nc(N)nc32)CC1. The quantitative estimate of drug-likeness (QED) is 0.827. The van der Waals surface area contributed by atoms with Gasteiger partial charge in [-0.15, -0.1) is 5.06 Å². The average Bonchev–Trinajstić information content (AvgIpc) is 2.91. The normalized spacial score (nSPS) is 17.3. The first-order chi connectivity index (χ1) is 11.3. The summed E-state index contributed by atoms with van der Waals surface area (Å²) in [5.74, 6) is -0.0939. The minimum atomic E-state index is -0.514. The topological polar surface area (TPSA) is 99.2 Å². The maximum atomic E-state index is 12.0. The highest BCUT2D eigenvalue weighted by Gasteiger charge is 2.29. The van der Waals surface area contributed by atoms with E-state index >= 15 is 0 Å². The summed E-state index contributed by atoms with van der Waals surface area (Å²) in [6.45, 7) is 6.80. The summed E-state index contributed by atoms with van der Waals surface area (Å²) < 4.78 is 1.84. The van der Waals surface area contributed by atoms with Crippen molar-refractivity contribution < 1.29 is 9.63 Å². The van der Waals surface area contributed by atoms with Crippen LogP contribution in [-0.2, 0) is 9.63 Å². The Hall–Kier alpha value is -1.93. The van der Waals surface area contributed by atoms with Gasteiger partial charge in [0.2, 0.25) is 5.95 Å². The van der Waals surface area contributed by atoms with Crippen LogP contribution in [-0.4, -0.2) is 43.9 Å². The molecule has 0 spiro atoms. The Morgan fingerprint density at radius 3 is 2.62 bits per heavy atom. The van der Waals surface area contributed by atoms with Gasteiger partial charge < -0.3 is 10.6 Å². The van der Waals surface area contributed by atoms with E-state index in [4.69, 9.17) is 22.2 Å². The van der Waals surface area contributed by atoms with Crippen LogP contribution in [0.15, 0.2) is 6.20 Å². The highest BCUT2D eigenvalue weighted by atomic mass is 35.5. The molecule has 3 heterocycles. The highest BCUT2D eigenvalue weighted by Crippen LogP contribution is 2.28. The molecule has 2 aromatic heterocycles. The van der Waals surface area contributed by atoms with Gasteiger partial charge in [0.05, 0.1) is 23.0 Å². The zero-order valence-electron chi connectivity index (χ0n) is 14.0. The van der Waals surface area contributed by atoms with E-state index in [1.807, 2.05) is 25.5 Å². The van der Waals surface area contributed by atoms with Crippen LogP contribution < -0.4 is 5.73 Å². The molecule has 8 nitrogen and oxygen atoms in total. The van der Waals surface area contributed by atoms with Crippen molar-refractivity contribution in [3.05, 3.63) is 11.3 Å². The number of fused-ring (bicyclic) bond motifs is 1. The van der Waals surface area contributed by atoms with E-state index in [1.165, 1.54) is 0 Å². The van der Waals surface area contributed by atoms with Crippen molar-refractivity contribution in [2.24, 2.45) is 5.41 Å². The van der Waals surface area contributed by atoms with Crippen LogP contribution in [0.4, 0.5) is 5.95 Å². The number of rotatable bonds is 2. The number of nitrogen functional groups attached to an aromatic ring is 1. The number of nitrogens with two attached hydrogens (primary N) is 1. The lowest BCUT2D eigenvalue weighted by Crippen LogP contribution is -2.39. The van der Waals surface area contributed by atoms with Gasteiger partial charge >= 0.3 is 5.97 Å². The fraction of sp³-hybridized carbons (Fsp3) is 0.600. The first-order valence-electron chi connectivity index (χ1n) is 7.89. The Morgan fingerprint density at radius 2 is 2.00 bits per heavy atom. The fourth-order valence-corrected chi connectivity index (χ4v) is 2.83. The number of aromatic nitrogens is 4. The molecule has 0 atom stereocenters. The summed E-state index contributed by atoms with van der Waals surface area (Å²) in [7, 11) is 0. The third kappa shape index (κ3) is 3.29. The molecule has 0 unspecified atom stereocenters. The van der Waals surface area contributed by atoms with Gasteiger partial charge in [0.1, 0.15) is 5.15 Å². The first-order valence-corrected chi connectivity index (χ1v) is 8.27. The van der Waals surface area contributed by atoms with Crippen LogP contribution >= 0.6 is 11.6 Å². The smallest absolute Gasteiger partial charge is 0.330 e. The van der Waals surface area contributed by atoms with Gasteiger partial charge in [0.25, 0.3) is 0 Å². The molecule has 1 aliphatic heterocycles. The van der Waals surface area contributed by atoms with Crippen molar-refractivity contribution in [3.63, 3.8) is 0 Å². The summed E-state index contributed by atoms with van der Waals surface area (Å²) >= 11 is 6.09. The van der Waals surface area contributed by atoms with Crippen LogP contribution in [0.1, 0.15) is 39.7 Å². The van der Waals surface area contributed by atoms with Crippen molar-refractivity contribution in [2.45, 2.75) is 39.7 Å². The van der Waals surface area contributed by atoms with Crippen LogP contribution in [0.3, 0.4) is 0 Å². The van der Waals surface area contributed by atoms with E-state index < -0.39 is 5.41 Å². The monoisotopic (exact) mass is 352 g/mol. The number of carbonyl (C=O) groups is 1. The number of hydroxylamine groups is 2. The van der Waals surface area contributed by atoms with Crippen LogP contribution in [0, 0.1) is 5.41 Å². The number of nitrogens with zero attached hydrogens (tertiary/aromatic N) is 5. The number of hydrogen-bond donors (Lipinski definition) is 1. The maximum Gasteiger partial charge on any atom is 0.330 e. The Balaban J connectivity index is 1.70. The number of carbonyl (C=O) groups excluding carboxylic acids is 1. The summed E-state index contributed by atoms with van der Waals surface area (Å²) in [4.78, 5) is 25.6. The third-order valence-electron chi connectivity index (χ3n) is 4.02. The van der Waals surface area contributed by atoms with Crippen molar-refractivity contribution in [1.82, 2.24) is 24.8 Å². The minimum Gasteiger partial charge on any atom is -0.368 e. The largest absolute Gasteiger partial charge is 0.368 e. The zero-order valence-corrected chi connectivity index (χ0v) is 14.7. The van der Waals surface area contributed by atoms with E-state index in [2.05, 4.69) is 15.1 Å². The lowest BCUT2D eigenvalue weighted by molar-refractivity contribution is -0.205. The van der Waals surface area contributed by atoms with E-state index in [-0.39, 0.29) is 18.0 Å².